The van der Waals surface area contributed by atoms with E-state index in [4.69, 9.17) is 0 Å². The van der Waals surface area contributed by atoms with Gasteiger partial charge in [0.15, 0.2) is 0 Å². The lowest BCUT2D eigenvalue weighted by atomic mass is 10.2. The highest BCUT2D eigenvalue weighted by Gasteiger charge is 2.12. The number of rotatable bonds is 3. The third-order valence-corrected chi connectivity index (χ3v) is 3.01. The first-order valence-corrected chi connectivity index (χ1v) is 6.99. The van der Waals surface area contributed by atoms with E-state index in [0.29, 0.717) is 0 Å². The average molecular weight is 364 g/mol. The summed E-state index contributed by atoms with van der Waals surface area (Å²) < 4.78 is 13.8. The minimum absolute atomic E-state index is 0.191. The van der Waals surface area contributed by atoms with Crippen LogP contribution in [0, 0.1) is 5.82 Å². The maximum Gasteiger partial charge on any atom is 0.329 e. The highest BCUT2D eigenvalue weighted by Crippen LogP contribution is 2.10. The summed E-state index contributed by atoms with van der Waals surface area (Å²) in [6.45, 7) is 0. The summed E-state index contributed by atoms with van der Waals surface area (Å²) in [4.78, 5) is 23.1. The Bertz CT molecular complexity index is 734. The Morgan fingerprint density at radius 2 is 1.86 bits per heavy atom. The molecule has 2 aromatic rings. The first-order valence-electron chi connectivity index (χ1n) is 6.20. The first kappa shape index (κ1) is 15.8. The zero-order valence-corrected chi connectivity index (χ0v) is 12.8. The number of hydrogen-bond acceptors (Lipinski definition) is 3. The second-order valence-electron chi connectivity index (χ2n) is 4.22. The maximum atomic E-state index is 13.0. The summed E-state index contributed by atoms with van der Waals surface area (Å²) in [6, 6.07) is 12.5. The van der Waals surface area contributed by atoms with Crippen LogP contribution in [0.15, 0.2) is 58.1 Å². The lowest BCUT2D eigenvalue weighted by Crippen LogP contribution is -2.32. The van der Waals surface area contributed by atoms with Crippen LogP contribution in [0.5, 0.6) is 0 Å². The van der Waals surface area contributed by atoms with E-state index in [1.807, 2.05) is 12.1 Å². The lowest BCUT2D eigenvalue weighted by Gasteiger charge is -2.03. The smallest absolute Gasteiger partial charge is 0.318 e. The Hall–Kier alpha value is -2.54. The second-order valence-corrected chi connectivity index (χ2v) is 5.13. The number of hydrogen-bond donors (Lipinski definition) is 2. The number of amides is 2. The molecule has 0 saturated heterocycles. The second kappa shape index (κ2) is 7.46. The lowest BCUT2D eigenvalue weighted by molar-refractivity contribution is -0.136. The molecule has 0 fully saturated rings. The number of carbonyl (C=O) groups is 2. The molecule has 2 rings (SSSR count). The van der Waals surface area contributed by atoms with Gasteiger partial charge in [-0.3, -0.25) is 9.59 Å². The molecule has 2 aromatic carbocycles. The van der Waals surface area contributed by atoms with Gasteiger partial charge in [-0.25, -0.2) is 9.82 Å². The van der Waals surface area contributed by atoms with Crippen LogP contribution in [-0.2, 0) is 9.59 Å². The number of nitrogens with one attached hydrogen (secondary N) is 2. The van der Waals surface area contributed by atoms with Gasteiger partial charge in [-0.2, -0.15) is 5.10 Å². The number of hydrazone groups is 1. The minimum Gasteiger partial charge on any atom is -0.318 e. The Morgan fingerprint density at radius 3 is 2.59 bits per heavy atom. The topological polar surface area (TPSA) is 70.6 Å². The van der Waals surface area contributed by atoms with Crippen molar-refractivity contribution in [3.63, 3.8) is 0 Å². The van der Waals surface area contributed by atoms with E-state index in [0.717, 1.165) is 16.1 Å². The molecule has 2 N–H and O–H groups in total. The summed E-state index contributed by atoms with van der Waals surface area (Å²) in [6.07, 6.45) is 1.40. The van der Waals surface area contributed by atoms with Crippen molar-refractivity contribution < 1.29 is 14.0 Å². The van der Waals surface area contributed by atoms with Crippen LogP contribution >= 0.6 is 15.9 Å². The van der Waals surface area contributed by atoms with Crippen molar-refractivity contribution in [2.24, 2.45) is 5.10 Å². The molecule has 0 radical (unpaired) electrons. The number of halogens is 2. The highest BCUT2D eigenvalue weighted by molar-refractivity contribution is 9.10. The zero-order valence-electron chi connectivity index (χ0n) is 11.2. The number of carbonyl (C=O) groups excluding carboxylic acids is 2. The molecule has 0 bridgehead atoms. The quantitative estimate of drug-likeness (QED) is 0.500. The molecule has 0 atom stereocenters. The SMILES string of the molecule is O=C(NN=Cc1cccc(Br)c1)C(=O)Nc1cccc(F)c1. The standard InChI is InChI=1S/C15H11BrFN3O2/c16-11-4-1-3-10(7-11)9-18-20-15(22)14(21)19-13-6-2-5-12(17)8-13/h1-9H,(H,19,21)(H,20,22). The summed E-state index contributed by atoms with van der Waals surface area (Å²) in [5.74, 6) is -2.39. The van der Waals surface area contributed by atoms with Gasteiger partial charge in [-0.05, 0) is 35.9 Å². The Morgan fingerprint density at radius 1 is 1.09 bits per heavy atom. The average Bonchev–Trinajstić information content (AvgIpc) is 2.47. The molecule has 22 heavy (non-hydrogen) atoms. The molecule has 2 amide bonds. The zero-order chi connectivity index (χ0) is 15.9. The van der Waals surface area contributed by atoms with Crippen molar-refractivity contribution in [3.05, 3.63) is 64.4 Å². The van der Waals surface area contributed by atoms with Gasteiger partial charge in [0, 0.05) is 10.2 Å². The van der Waals surface area contributed by atoms with Crippen molar-refractivity contribution in [1.29, 1.82) is 0 Å². The van der Waals surface area contributed by atoms with Crippen molar-refractivity contribution in [2.45, 2.75) is 0 Å². The Balaban J connectivity index is 1.90. The maximum absolute atomic E-state index is 13.0. The van der Waals surface area contributed by atoms with Crippen LogP contribution in [0.2, 0.25) is 0 Å². The van der Waals surface area contributed by atoms with Crippen LogP contribution in [0.1, 0.15) is 5.56 Å². The molecule has 0 aliphatic rings. The fourth-order valence-corrected chi connectivity index (χ4v) is 1.97. The fourth-order valence-electron chi connectivity index (χ4n) is 1.56. The summed E-state index contributed by atoms with van der Waals surface area (Å²) in [7, 11) is 0. The third-order valence-electron chi connectivity index (χ3n) is 2.52. The summed E-state index contributed by atoms with van der Waals surface area (Å²) in [5.41, 5.74) is 3.04. The molecule has 0 saturated carbocycles. The van der Waals surface area contributed by atoms with Gasteiger partial charge in [-0.1, -0.05) is 34.1 Å². The molecule has 0 aromatic heterocycles. The van der Waals surface area contributed by atoms with Crippen LogP contribution in [0.3, 0.4) is 0 Å². The van der Waals surface area contributed by atoms with E-state index in [-0.39, 0.29) is 5.69 Å². The van der Waals surface area contributed by atoms with Gasteiger partial charge in [0.05, 0.1) is 6.21 Å². The monoisotopic (exact) mass is 363 g/mol. The van der Waals surface area contributed by atoms with Gasteiger partial charge in [-0.15, -0.1) is 0 Å². The molecule has 5 nitrogen and oxygen atoms in total. The predicted octanol–water partition coefficient (Wildman–Crippen LogP) is 2.68. The number of anilines is 1. The largest absolute Gasteiger partial charge is 0.329 e. The van der Waals surface area contributed by atoms with Crippen LogP contribution in [0.25, 0.3) is 0 Å². The van der Waals surface area contributed by atoms with E-state index in [9.17, 15) is 14.0 Å². The molecule has 0 spiro atoms. The molecular formula is C15H11BrFN3O2. The third kappa shape index (κ3) is 4.78. The van der Waals surface area contributed by atoms with E-state index >= 15 is 0 Å². The fraction of sp³-hybridized carbons (Fsp3) is 0. The van der Waals surface area contributed by atoms with Crippen LogP contribution in [-0.4, -0.2) is 18.0 Å². The van der Waals surface area contributed by atoms with Crippen molar-refractivity contribution >= 4 is 39.6 Å². The molecule has 112 valence electrons. The molecule has 7 heteroatoms. The Labute approximate surface area is 134 Å². The van der Waals surface area contributed by atoms with Gasteiger partial charge < -0.3 is 5.32 Å². The highest BCUT2D eigenvalue weighted by atomic mass is 79.9. The normalized spacial score (nSPS) is 10.5. The summed E-state index contributed by atoms with van der Waals surface area (Å²) >= 11 is 3.31. The molecule has 0 aliphatic carbocycles. The molecule has 0 unspecified atom stereocenters. The van der Waals surface area contributed by atoms with Gasteiger partial charge in [0.25, 0.3) is 0 Å². The number of nitrogens with zero attached hydrogens (tertiary/aromatic N) is 1. The van der Waals surface area contributed by atoms with Crippen LogP contribution < -0.4 is 10.7 Å². The van der Waals surface area contributed by atoms with Gasteiger partial charge >= 0.3 is 11.8 Å². The van der Waals surface area contributed by atoms with Gasteiger partial charge in [0.2, 0.25) is 0 Å². The molecule has 0 aliphatic heterocycles. The Kier molecular flexibility index (Phi) is 5.37. The minimum atomic E-state index is -0.949. The van der Waals surface area contributed by atoms with Crippen LogP contribution in [0.4, 0.5) is 10.1 Å². The van der Waals surface area contributed by atoms with Crippen molar-refractivity contribution in [1.82, 2.24) is 5.43 Å². The van der Waals surface area contributed by atoms with Gasteiger partial charge in [0.1, 0.15) is 5.82 Å². The van der Waals surface area contributed by atoms with Crippen molar-refractivity contribution in [3.8, 4) is 0 Å². The van der Waals surface area contributed by atoms with E-state index in [1.165, 1.54) is 24.4 Å². The van der Waals surface area contributed by atoms with E-state index < -0.39 is 17.6 Å². The van der Waals surface area contributed by atoms with E-state index in [2.05, 4.69) is 31.8 Å². The first-order chi connectivity index (χ1) is 10.5. The summed E-state index contributed by atoms with van der Waals surface area (Å²) in [5, 5.41) is 5.95. The molecule has 0 heterocycles. The molecular weight excluding hydrogens is 353 g/mol. The predicted molar refractivity (Wildman–Crippen MR) is 84.9 cm³/mol. The number of benzene rings is 2. The van der Waals surface area contributed by atoms with E-state index in [1.54, 1.807) is 12.1 Å². The van der Waals surface area contributed by atoms with Crippen molar-refractivity contribution in [2.75, 3.05) is 5.32 Å².